The van der Waals surface area contributed by atoms with Crippen molar-refractivity contribution in [2.75, 3.05) is 13.2 Å². The molecular formula is C15H21BrN2O. The molecule has 4 heteroatoms. The maximum absolute atomic E-state index is 5.84. The Kier molecular flexibility index (Phi) is 3.92. The zero-order valence-electron chi connectivity index (χ0n) is 11.4. The second-order valence-corrected chi connectivity index (χ2v) is 6.84. The van der Waals surface area contributed by atoms with Crippen molar-refractivity contribution >= 4 is 15.9 Å². The first kappa shape index (κ1) is 13.5. The van der Waals surface area contributed by atoms with Crippen LogP contribution in [-0.2, 0) is 11.2 Å². The van der Waals surface area contributed by atoms with Gasteiger partial charge in [0.1, 0.15) is 0 Å². The zero-order valence-corrected chi connectivity index (χ0v) is 12.9. The lowest BCUT2D eigenvalue weighted by Crippen LogP contribution is -2.42. The van der Waals surface area contributed by atoms with Crippen LogP contribution in [0, 0.1) is 5.41 Å². The minimum Gasteiger partial charge on any atom is -0.378 e. The Labute approximate surface area is 123 Å². The molecule has 3 nitrogen and oxygen atoms in total. The third kappa shape index (κ3) is 3.18. The summed E-state index contributed by atoms with van der Waals surface area (Å²) in [5.74, 6) is 0. The summed E-state index contributed by atoms with van der Waals surface area (Å²) in [5, 5.41) is 3.68. The van der Waals surface area contributed by atoms with E-state index in [9.17, 15) is 0 Å². The van der Waals surface area contributed by atoms with Crippen LogP contribution in [0.2, 0.25) is 0 Å². The van der Waals surface area contributed by atoms with Gasteiger partial charge in [0.05, 0.1) is 6.10 Å². The highest BCUT2D eigenvalue weighted by Gasteiger charge is 2.42. The topological polar surface area (TPSA) is 34.1 Å². The van der Waals surface area contributed by atoms with Crippen LogP contribution in [0.1, 0.15) is 31.9 Å². The molecule has 0 amide bonds. The number of hydrogen-bond donors (Lipinski definition) is 1. The van der Waals surface area contributed by atoms with Crippen LogP contribution >= 0.6 is 15.9 Å². The molecule has 1 aliphatic heterocycles. The van der Waals surface area contributed by atoms with Gasteiger partial charge in [-0.05, 0) is 60.7 Å². The van der Waals surface area contributed by atoms with Gasteiger partial charge in [0, 0.05) is 41.0 Å². The van der Waals surface area contributed by atoms with Crippen molar-refractivity contribution in [1.29, 1.82) is 0 Å². The molecule has 3 rings (SSSR count). The number of nitrogens with one attached hydrogen (secondary N) is 1. The van der Waals surface area contributed by atoms with Gasteiger partial charge in [-0.2, -0.15) is 0 Å². The second-order valence-electron chi connectivity index (χ2n) is 5.93. The van der Waals surface area contributed by atoms with Crippen molar-refractivity contribution in [2.45, 2.75) is 44.8 Å². The summed E-state index contributed by atoms with van der Waals surface area (Å²) in [5.41, 5.74) is 1.38. The molecule has 1 aromatic heterocycles. The Bertz CT molecular complexity index is 432. The molecule has 1 N–H and O–H groups in total. The lowest BCUT2D eigenvalue weighted by molar-refractivity contribution is 0.0623. The standard InChI is InChI=1S/C15H21BrN2O/c1-11-15(6-7-19-11,10-18-13-4-5-13)8-14-3-2-12(16)9-17-14/h2-3,9,11,13,18H,4-8,10H2,1H3. The van der Waals surface area contributed by atoms with E-state index in [0.29, 0.717) is 6.10 Å². The minimum absolute atomic E-state index is 0.212. The van der Waals surface area contributed by atoms with Gasteiger partial charge in [-0.25, -0.2) is 0 Å². The molecule has 2 unspecified atom stereocenters. The fourth-order valence-corrected chi connectivity index (χ4v) is 3.09. The highest BCUT2D eigenvalue weighted by molar-refractivity contribution is 9.10. The molecule has 0 bridgehead atoms. The molecule has 104 valence electrons. The Balaban J connectivity index is 1.72. The monoisotopic (exact) mass is 324 g/mol. The quantitative estimate of drug-likeness (QED) is 0.904. The highest BCUT2D eigenvalue weighted by atomic mass is 79.9. The van der Waals surface area contributed by atoms with Crippen molar-refractivity contribution in [3.05, 3.63) is 28.5 Å². The van der Waals surface area contributed by atoms with E-state index >= 15 is 0 Å². The zero-order chi connectivity index (χ0) is 13.3. The number of hydrogen-bond acceptors (Lipinski definition) is 3. The van der Waals surface area contributed by atoms with Gasteiger partial charge in [0.2, 0.25) is 0 Å². The normalized spacial score (nSPS) is 30.7. The van der Waals surface area contributed by atoms with E-state index in [2.05, 4.69) is 45.3 Å². The van der Waals surface area contributed by atoms with E-state index < -0.39 is 0 Å². The molecule has 2 aliphatic rings. The fourth-order valence-electron chi connectivity index (χ4n) is 2.85. The highest BCUT2D eigenvalue weighted by Crippen LogP contribution is 2.38. The van der Waals surface area contributed by atoms with Crippen molar-refractivity contribution in [2.24, 2.45) is 5.41 Å². The van der Waals surface area contributed by atoms with Crippen LogP contribution in [-0.4, -0.2) is 30.3 Å². The number of ether oxygens (including phenoxy) is 1. The first-order valence-electron chi connectivity index (χ1n) is 7.13. The number of aromatic nitrogens is 1. The number of pyridine rings is 1. The molecule has 1 saturated heterocycles. The maximum Gasteiger partial charge on any atom is 0.0619 e. The second kappa shape index (κ2) is 5.51. The predicted octanol–water partition coefficient (Wildman–Crippen LogP) is 2.93. The lowest BCUT2D eigenvalue weighted by atomic mass is 9.77. The summed E-state index contributed by atoms with van der Waals surface area (Å²) in [6.45, 7) is 4.14. The van der Waals surface area contributed by atoms with Gasteiger partial charge in [-0.1, -0.05) is 0 Å². The molecule has 2 heterocycles. The van der Waals surface area contributed by atoms with Gasteiger partial charge in [0.15, 0.2) is 0 Å². The van der Waals surface area contributed by atoms with Crippen molar-refractivity contribution in [3.63, 3.8) is 0 Å². The summed E-state index contributed by atoms with van der Waals surface area (Å²) < 4.78 is 6.88. The summed E-state index contributed by atoms with van der Waals surface area (Å²) in [4.78, 5) is 4.53. The van der Waals surface area contributed by atoms with Crippen molar-refractivity contribution in [3.8, 4) is 0 Å². The Morgan fingerprint density at radius 3 is 2.89 bits per heavy atom. The molecule has 1 aromatic rings. The van der Waals surface area contributed by atoms with E-state index in [0.717, 1.165) is 42.2 Å². The average Bonchev–Trinajstić information content (AvgIpc) is 3.17. The Morgan fingerprint density at radius 1 is 1.47 bits per heavy atom. The van der Waals surface area contributed by atoms with Gasteiger partial charge in [-0.15, -0.1) is 0 Å². The van der Waals surface area contributed by atoms with Crippen LogP contribution in [0.15, 0.2) is 22.8 Å². The van der Waals surface area contributed by atoms with Crippen LogP contribution < -0.4 is 5.32 Å². The van der Waals surface area contributed by atoms with Gasteiger partial charge in [0.25, 0.3) is 0 Å². The number of rotatable bonds is 5. The van der Waals surface area contributed by atoms with E-state index in [1.807, 2.05) is 6.20 Å². The summed E-state index contributed by atoms with van der Waals surface area (Å²) in [6.07, 6.45) is 7.00. The van der Waals surface area contributed by atoms with E-state index in [1.54, 1.807) is 0 Å². The fraction of sp³-hybridized carbons (Fsp3) is 0.667. The lowest BCUT2D eigenvalue weighted by Gasteiger charge is -2.32. The first-order chi connectivity index (χ1) is 9.18. The predicted molar refractivity (Wildman–Crippen MR) is 79.1 cm³/mol. The number of nitrogens with zero attached hydrogens (tertiary/aromatic N) is 1. The van der Waals surface area contributed by atoms with Crippen molar-refractivity contribution in [1.82, 2.24) is 10.3 Å². The molecule has 0 radical (unpaired) electrons. The molecule has 1 saturated carbocycles. The summed E-state index contributed by atoms with van der Waals surface area (Å²) in [6, 6.07) is 4.95. The van der Waals surface area contributed by atoms with Gasteiger partial charge in [-0.3, -0.25) is 4.98 Å². The molecule has 2 fully saturated rings. The summed E-state index contributed by atoms with van der Waals surface area (Å²) >= 11 is 3.44. The van der Waals surface area contributed by atoms with E-state index in [1.165, 1.54) is 12.8 Å². The van der Waals surface area contributed by atoms with Crippen LogP contribution in [0.5, 0.6) is 0 Å². The molecule has 2 atom stereocenters. The third-order valence-electron chi connectivity index (χ3n) is 4.47. The molecular weight excluding hydrogens is 304 g/mol. The molecule has 1 aliphatic carbocycles. The molecule has 19 heavy (non-hydrogen) atoms. The van der Waals surface area contributed by atoms with Gasteiger partial charge < -0.3 is 10.1 Å². The van der Waals surface area contributed by atoms with Crippen LogP contribution in [0.25, 0.3) is 0 Å². The van der Waals surface area contributed by atoms with Crippen LogP contribution in [0.4, 0.5) is 0 Å². The Morgan fingerprint density at radius 2 is 2.32 bits per heavy atom. The van der Waals surface area contributed by atoms with E-state index in [-0.39, 0.29) is 5.41 Å². The molecule has 0 spiro atoms. The maximum atomic E-state index is 5.84. The average molecular weight is 325 g/mol. The Hall–Kier alpha value is -0.450. The largest absolute Gasteiger partial charge is 0.378 e. The van der Waals surface area contributed by atoms with Crippen LogP contribution in [0.3, 0.4) is 0 Å². The van der Waals surface area contributed by atoms with Gasteiger partial charge >= 0.3 is 0 Å². The molecule has 0 aromatic carbocycles. The third-order valence-corrected chi connectivity index (χ3v) is 4.94. The van der Waals surface area contributed by atoms with Crippen molar-refractivity contribution < 1.29 is 4.74 Å². The smallest absolute Gasteiger partial charge is 0.0619 e. The van der Waals surface area contributed by atoms with E-state index in [4.69, 9.17) is 4.74 Å². The SMILES string of the molecule is CC1OCCC1(CNC1CC1)Cc1ccc(Br)cn1. The summed E-state index contributed by atoms with van der Waals surface area (Å²) in [7, 11) is 0. The number of halogens is 1. The minimum atomic E-state index is 0.212. The first-order valence-corrected chi connectivity index (χ1v) is 7.93.